The summed E-state index contributed by atoms with van der Waals surface area (Å²) >= 11 is 0. The number of rotatable bonds is 5. The van der Waals surface area contributed by atoms with Crippen LogP contribution in [0.1, 0.15) is 11.4 Å². The van der Waals surface area contributed by atoms with Crippen LogP contribution in [0, 0.1) is 11.6 Å². The van der Waals surface area contributed by atoms with Crippen molar-refractivity contribution in [2.45, 2.75) is 25.4 Å². The number of hydrogen-bond acceptors (Lipinski definition) is 3. The van der Waals surface area contributed by atoms with Crippen molar-refractivity contribution >= 4 is 11.0 Å². The molecule has 0 aliphatic carbocycles. The standard InChI is InChI=1S/C19H18F3N3O/c20-13-5-6-16-17(7-13)24-19(23-16)11-26-18-10-25(9-15(18)22)8-12-3-1-2-4-14(12)21/h1-7,15,18H,8-11H2,(H,23,24). The van der Waals surface area contributed by atoms with Gasteiger partial charge in [-0.1, -0.05) is 18.2 Å². The molecule has 0 spiro atoms. The van der Waals surface area contributed by atoms with Crippen molar-refractivity contribution in [3.05, 3.63) is 65.5 Å². The van der Waals surface area contributed by atoms with Gasteiger partial charge in [-0.05, 0) is 24.3 Å². The molecule has 2 atom stereocenters. The topological polar surface area (TPSA) is 41.1 Å². The summed E-state index contributed by atoms with van der Waals surface area (Å²) < 4.78 is 46.9. The lowest BCUT2D eigenvalue weighted by Crippen LogP contribution is -2.24. The molecule has 1 aliphatic heterocycles. The van der Waals surface area contributed by atoms with Gasteiger partial charge in [-0.3, -0.25) is 4.90 Å². The zero-order valence-electron chi connectivity index (χ0n) is 14.0. The molecule has 7 heteroatoms. The van der Waals surface area contributed by atoms with Crippen molar-refractivity contribution in [2.75, 3.05) is 13.1 Å². The molecule has 136 valence electrons. The van der Waals surface area contributed by atoms with E-state index in [1.165, 1.54) is 18.2 Å². The maximum absolute atomic E-state index is 14.3. The van der Waals surface area contributed by atoms with Crippen LogP contribution < -0.4 is 0 Å². The SMILES string of the molecule is Fc1ccc2nc(COC3CN(Cc4ccccc4F)CC3F)[nH]c2c1. The van der Waals surface area contributed by atoms with E-state index in [0.29, 0.717) is 35.5 Å². The van der Waals surface area contributed by atoms with Gasteiger partial charge in [-0.2, -0.15) is 0 Å². The third-order valence-corrected chi connectivity index (χ3v) is 4.55. The van der Waals surface area contributed by atoms with Crippen LogP contribution in [0.5, 0.6) is 0 Å². The first-order valence-corrected chi connectivity index (χ1v) is 8.44. The minimum Gasteiger partial charge on any atom is -0.366 e. The molecule has 2 unspecified atom stereocenters. The Morgan fingerprint density at radius 3 is 2.85 bits per heavy atom. The Labute approximate surface area is 148 Å². The Kier molecular flexibility index (Phi) is 4.65. The van der Waals surface area contributed by atoms with E-state index in [-0.39, 0.29) is 24.8 Å². The van der Waals surface area contributed by atoms with Crippen molar-refractivity contribution in [3.63, 3.8) is 0 Å². The van der Waals surface area contributed by atoms with Crippen LogP contribution in [0.4, 0.5) is 13.2 Å². The Balaban J connectivity index is 1.36. The maximum atomic E-state index is 14.3. The van der Waals surface area contributed by atoms with E-state index in [1.54, 1.807) is 24.3 Å². The lowest BCUT2D eigenvalue weighted by atomic mass is 10.2. The van der Waals surface area contributed by atoms with Gasteiger partial charge >= 0.3 is 0 Å². The monoisotopic (exact) mass is 361 g/mol. The van der Waals surface area contributed by atoms with Crippen molar-refractivity contribution in [2.24, 2.45) is 0 Å². The summed E-state index contributed by atoms with van der Waals surface area (Å²) in [6, 6.07) is 10.8. The molecule has 4 nitrogen and oxygen atoms in total. The third-order valence-electron chi connectivity index (χ3n) is 4.55. The van der Waals surface area contributed by atoms with Crippen LogP contribution in [0.2, 0.25) is 0 Å². The Morgan fingerprint density at radius 1 is 1.15 bits per heavy atom. The highest BCUT2D eigenvalue weighted by molar-refractivity contribution is 5.74. The lowest BCUT2D eigenvalue weighted by molar-refractivity contribution is 0.00862. The second-order valence-corrected chi connectivity index (χ2v) is 6.50. The smallest absolute Gasteiger partial charge is 0.140 e. The van der Waals surface area contributed by atoms with Gasteiger partial charge in [0.05, 0.1) is 11.0 Å². The van der Waals surface area contributed by atoms with E-state index in [0.717, 1.165) is 0 Å². The van der Waals surface area contributed by atoms with E-state index >= 15 is 0 Å². The molecule has 1 saturated heterocycles. The van der Waals surface area contributed by atoms with E-state index in [4.69, 9.17) is 4.74 Å². The molecule has 1 fully saturated rings. The largest absolute Gasteiger partial charge is 0.366 e. The van der Waals surface area contributed by atoms with Gasteiger partial charge in [-0.25, -0.2) is 18.2 Å². The van der Waals surface area contributed by atoms with Gasteiger partial charge in [0.2, 0.25) is 0 Å². The van der Waals surface area contributed by atoms with Crippen molar-refractivity contribution < 1.29 is 17.9 Å². The number of ether oxygens (including phenoxy) is 1. The number of aromatic nitrogens is 2. The van der Waals surface area contributed by atoms with Crippen molar-refractivity contribution in [3.8, 4) is 0 Å². The molecule has 0 bridgehead atoms. The first kappa shape index (κ1) is 17.1. The molecule has 2 heterocycles. The predicted molar refractivity (Wildman–Crippen MR) is 91.2 cm³/mol. The quantitative estimate of drug-likeness (QED) is 0.755. The van der Waals surface area contributed by atoms with Crippen LogP contribution in [0.15, 0.2) is 42.5 Å². The number of benzene rings is 2. The van der Waals surface area contributed by atoms with Crippen LogP contribution in [-0.2, 0) is 17.9 Å². The van der Waals surface area contributed by atoms with Crippen LogP contribution in [0.25, 0.3) is 11.0 Å². The number of alkyl halides is 1. The second kappa shape index (κ2) is 7.09. The summed E-state index contributed by atoms with van der Waals surface area (Å²) in [6.45, 7) is 1.03. The van der Waals surface area contributed by atoms with Gasteiger partial charge < -0.3 is 9.72 Å². The number of H-pyrrole nitrogens is 1. The summed E-state index contributed by atoms with van der Waals surface area (Å²) in [5.74, 6) is -0.121. The van der Waals surface area contributed by atoms with E-state index in [2.05, 4.69) is 9.97 Å². The summed E-state index contributed by atoms with van der Waals surface area (Å²) in [7, 11) is 0. The fourth-order valence-corrected chi connectivity index (χ4v) is 3.25. The number of likely N-dealkylation sites (tertiary alicyclic amines) is 1. The van der Waals surface area contributed by atoms with Gasteiger partial charge in [-0.15, -0.1) is 0 Å². The maximum Gasteiger partial charge on any atom is 0.140 e. The lowest BCUT2D eigenvalue weighted by Gasteiger charge is -2.16. The number of fused-ring (bicyclic) bond motifs is 1. The molecule has 0 saturated carbocycles. The van der Waals surface area contributed by atoms with Crippen LogP contribution in [0.3, 0.4) is 0 Å². The fourth-order valence-electron chi connectivity index (χ4n) is 3.25. The van der Waals surface area contributed by atoms with Gasteiger partial charge in [0, 0.05) is 25.2 Å². The van der Waals surface area contributed by atoms with Crippen LogP contribution >= 0.6 is 0 Å². The van der Waals surface area contributed by atoms with Crippen molar-refractivity contribution in [1.82, 2.24) is 14.9 Å². The molecule has 1 aliphatic rings. The molecule has 4 rings (SSSR count). The molecular formula is C19H18F3N3O. The first-order valence-electron chi connectivity index (χ1n) is 8.44. The van der Waals surface area contributed by atoms with E-state index in [1.807, 2.05) is 4.90 Å². The summed E-state index contributed by atoms with van der Waals surface area (Å²) in [5.41, 5.74) is 1.75. The minimum atomic E-state index is -1.15. The van der Waals surface area contributed by atoms with E-state index in [9.17, 15) is 13.2 Å². The van der Waals surface area contributed by atoms with Gasteiger partial charge in [0.15, 0.2) is 0 Å². The molecule has 3 aromatic rings. The number of hydrogen-bond donors (Lipinski definition) is 1. The van der Waals surface area contributed by atoms with Gasteiger partial charge in [0.1, 0.15) is 36.3 Å². The molecule has 26 heavy (non-hydrogen) atoms. The highest BCUT2D eigenvalue weighted by Gasteiger charge is 2.34. The number of aromatic amines is 1. The zero-order valence-corrected chi connectivity index (χ0v) is 14.0. The second-order valence-electron chi connectivity index (χ2n) is 6.50. The fraction of sp³-hybridized carbons (Fsp3) is 0.316. The number of imidazole rings is 1. The third kappa shape index (κ3) is 3.59. The predicted octanol–water partition coefficient (Wildman–Crippen LogP) is 3.58. The van der Waals surface area contributed by atoms with Crippen LogP contribution in [-0.4, -0.2) is 40.2 Å². The van der Waals surface area contributed by atoms with Gasteiger partial charge in [0.25, 0.3) is 0 Å². The van der Waals surface area contributed by atoms with Crippen molar-refractivity contribution in [1.29, 1.82) is 0 Å². The summed E-state index contributed by atoms with van der Waals surface area (Å²) in [4.78, 5) is 9.11. The summed E-state index contributed by atoms with van der Waals surface area (Å²) in [6.07, 6.45) is -1.75. The average Bonchev–Trinajstić information content (AvgIpc) is 3.17. The average molecular weight is 361 g/mol. The molecule has 0 radical (unpaired) electrons. The number of halogens is 3. The summed E-state index contributed by atoms with van der Waals surface area (Å²) in [5, 5.41) is 0. The molecule has 1 aromatic heterocycles. The Hall–Kier alpha value is -2.38. The normalized spacial score (nSPS) is 20.9. The first-order chi connectivity index (χ1) is 12.6. The van der Waals surface area contributed by atoms with E-state index < -0.39 is 12.3 Å². The molecular weight excluding hydrogens is 343 g/mol. The zero-order chi connectivity index (χ0) is 18.1. The molecule has 2 aromatic carbocycles. The Bertz CT molecular complexity index is 914. The highest BCUT2D eigenvalue weighted by Crippen LogP contribution is 2.21. The number of nitrogens with zero attached hydrogens (tertiary/aromatic N) is 2. The highest BCUT2D eigenvalue weighted by atomic mass is 19.1. The molecule has 1 N–H and O–H groups in total. The minimum absolute atomic E-state index is 0.106. The Morgan fingerprint density at radius 2 is 2.00 bits per heavy atom. The molecule has 0 amide bonds. The number of nitrogens with one attached hydrogen (secondary N) is 1.